The highest BCUT2D eigenvalue weighted by molar-refractivity contribution is 7.90. The molecule has 19 heavy (non-hydrogen) atoms. The lowest BCUT2D eigenvalue weighted by molar-refractivity contribution is -0.143. The van der Waals surface area contributed by atoms with Gasteiger partial charge in [0.05, 0.1) is 12.9 Å². The molecule has 0 aromatic carbocycles. The number of rotatable bonds is 9. The third-order valence-corrected chi connectivity index (χ3v) is 3.59. The van der Waals surface area contributed by atoms with E-state index < -0.39 is 9.84 Å². The van der Waals surface area contributed by atoms with E-state index in [0.29, 0.717) is 19.5 Å². The van der Waals surface area contributed by atoms with Crippen LogP contribution in [0.15, 0.2) is 0 Å². The Labute approximate surface area is 116 Å². The van der Waals surface area contributed by atoms with Crippen LogP contribution in [0.2, 0.25) is 0 Å². The predicted molar refractivity (Wildman–Crippen MR) is 75.9 cm³/mol. The van der Waals surface area contributed by atoms with Crippen LogP contribution in [0, 0.1) is 0 Å². The fourth-order valence-corrected chi connectivity index (χ4v) is 2.24. The molecule has 0 bridgehead atoms. The van der Waals surface area contributed by atoms with E-state index in [1.165, 1.54) is 13.4 Å². The Morgan fingerprint density at radius 2 is 1.89 bits per heavy atom. The SMILES string of the molecule is COC(=O)C(CCN(C)CCS(C)(=O)=O)NC(C)C. The van der Waals surface area contributed by atoms with Crippen molar-refractivity contribution in [3.05, 3.63) is 0 Å². The first-order valence-electron chi connectivity index (χ1n) is 6.36. The fraction of sp³-hybridized carbons (Fsp3) is 0.917. The van der Waals surface area contributed by atoms with Crippen molar-refractivity contribution in [2.24, 2.45) is 0 Å². The fourth-order valence-electron chi connectivity index (χ4n) is 1.60. The van der Waals surface area contributed by atoms with Gasteiger partial charge in [-0.1, -0.05) is 13.8 Å². The van der Waals surface area contributed by atoms with Crippen LogP contribution < -0.4 is 5.32 Å². The topological polar surface area (TPSA) is 75.7 Å². The van der Waals surface area contributed by atoms with Gasteiger partial charge in [-0.3, -0.25) is 4.79 Å². The number of esters is 1. The Morgan fingerprint density at radius 3 is 2.32 bits per heavy atom. The van der Waals surface area contributed by atoms with E-state index >= 15 is 0 Å². The highest BCUT2D eigenvalue weighted by Gasteiger charge is 2.20. The van der Waals surface area contributed by atoms with Gasteiger partial charge in [0.2, 0.25) is 0 Å². The molecule has 0 aromatic heterocycles. The summed E-state index contributed by atoms with van der Waals surface area (Å²) < 4.78 is 26.9. The van der Waals surface area contributed by atoms with E-state index in [1.807, 2.05) is 25.8 Å². The molecule has 0 spiro atoms. The summed E-state index contributed by atoms with van der Waals surface area (Å²) in [5.41, 5.74) is 0. The van der Waals surface area contributed by atoms with E-state index in [9.17, 15) is 13.2 Å². The summed E-state index contributed by atoms with van der Waals surface area (Å²) >= 11 is 0. The molecule has 0 saturated carbocycles. The summed E-state index contributed by atoms with van der Waals surface area (Å²) in [7, 11) is 0.261. The average molecular weight is 294 g/mol. The van der Waals surface area contributed by atoms with Gasteiger partial charge in [0.1, 0.15) is 15.9 Å². The molecule has 0 aromatic rings. The molecule has 1 atom stereocenters. The number of carbonyl (C=O) groups is 1. The van der Waals surface area contributed by atoms with Gasteiger partial charge in [-0.15, -0.1) is 0 Å². The molecule has 0 aliphatic rings. The predicted octanol–water partition coefficient (Wildman–Crippen LogP) is -0.107. The lowest BCUT2D eigenvalue weighted by Gasteiger charge is -2.22. The van der Waals surface area contributed by atoms with Crippen LogP contribution in [0.5, 0.6) is 0 Å². The average Bonchev–Trinajstić information content (AvgIpc) is 2.29. The van der Waals surface area contributed by atoms with Gasteiger partial charge in [0.15, 0.2) is 0 Å². The second-order valence-corrected chi connectivity index (χ2v) is 7.38. The number of sulfone groups is 1. The van der Waals surface area contributed by atoms with Crippen LogP contribution in [-0.2, 0) is 19.4 Å². The second-order valence-electron chi connectivity index (χ2n) is 5.12. The first-order valence-corrected chi connectivity index (χ1v) is 8.42. The Bertz CT molecular complexity index is 368. The van der Waals surface area contributed by atoms with E-state index in [2.05, 4.69) is 5.32 Å². The Hall–Kier alpha value is -0.660. The van der Waals surface area contributed by atoms with Crippen LogP contribution >= 0.6 is 0 Å². The summed E-state index contributed by atoms with van der Waals surface area (Å²) in [5.74, 6) is -0.158. The number of hydrogen-bond acceptors (Lipinski definition) is 6. The van der Waals surface area contributed by atoms with E-state index in [1.54, 1.807) is 0 Å². The molecule has 114 valence electrons. The van der Waals surface area contributed by atoms with Gasteiger partial charge in [0.25, 0.3) is 0 Å². The van der Waals surface area contributed by atoms with Crippen LogP contribution in [0.3, 0.4) is 0 Å². The Balaban J connectivity index is 4.19. The first-order chi connectivity index (χ1) is 8.65. The molecule has 0 heterocycles. The van der Waals surface area contributed by atoms with Crippen molar-refractivity contribution in [1.82, 2.24) is 10.2 Å². The number of ether oxygens (including phenoxy) is 1. The minimum atomic E-state index is -2.95. The van der Waals surface area contributed by atoms with Crippen molar-refractivity contribution in [3.8, 4) is 0 Å². The standard InChI is InChI=1S/C12H26N2O4S/c1-10(2)13-11(12(15)18-4)6-7-14(3)8-9-19(5,16)17/h10-11,13H,6-9H2,1-5H3. The molecule has 0 radical (unpaired) electrons. The molecule has 6 nitrogen and oxygen atoms in total. The van der Waals surface area contributed by atoms with Gasteiger partial charge in [-0.05, 0) is 20.0 Å². The zero-order valence-corrected chi connectivity index (χ0v) is 13.3. The minimum absolute atomic E-state index is 0.129. The molecule has 0 rings (SSSR count). The largest absolute Gasteiger partial charge is 0.468 e. The number of carbonyl (C=O) groups excluding carboxylic acids is 1. The smallest absolute Gasteiger partial charge is 0.322 e. The minimum Gasteiger partial charge on any atom is -0.468 e. The summed E-state index contributed by atoms with van der Waals surface area (Å²) in [6.45, 7) is 5.02. The number of hydrogen-bond donors (Lipinski definition) is 1. The van der Waals surface area contributed by atoms with E-state index in [-0.39, 0.29) is 23.8 Å². The summed E-state index contributed by atoms with van der Waals surface area (Å²) in [6, 6.07) is -0.170. The van der Waals surface area contributed by atoms with Gasteiger partial charge in [0, 0.05) is 18.8 Å². The first kappa shape index (κ1) is 18.3. The van der Waals surface area contributed by atoms with Gasteiger partial charge >= 0.3 is 5.97 Å². The van der Waals surface area contributed by atoms with E-state index in [0.717, 1.165) is 0 Å². The molecule has 0 fully saturated rings. The van der Waals surface area contributed by atoms with Gasteiger partial charge in [-0.25, -0.2) is 8.42 Å². The van der Waals surface area contributed by atoms with Crippen LogP contribution in [-0.4, -0.2) is 70.6 Å². The van der Waals surface area contributed by atoms with Crippen molar-refractivity contribution in [2.75, 3.05) is 39.3 Å². The second kappa shape index (κ2) is 8.50. The highest BCUT2D eigenvalue weighted by atomic mass is 32.2. The van der Waals surface area contributed by atoms with Crippen LogP contribution in [0.1, 0.15) is 20.3 Å². The normalized spacial score (nSPS) is 13.8. The van der Waals surface area contributed by atoms with Gasteiger partial charge in [-0.2, -0.15) is 0 Å². The molecule has 0 saturated heterocycles. The van der Waals surface area contributed by atoms with Crippen molar-refractivity contribution in [1.29, 1.82) is 0 Å². The molecule has 0 aliphatic heterocycles. The quantitative estimate of drug-likeness (QED) is 0.598. The van der Waals surface area contributed by atoms with E-state index in [4.69, 9.17) is 4.74 Å². The molecule has 7 heteroatoms. The van der Waals surface area contributed by atoms with Gasteiger partial charge < -0.3 is 15.0 Å². The third-order valence-electron chi connectivity index (χ3n) is 2.66. The lowest BCUT2D eigenvalue weighted by atomic mass is 10.2. The molecule has 1 N–H and O–H groups in total. The summed E-state index contributed by atoms with van der Waals surface area (Å²) in [4.78, 5) is 13.5. The van der Waals surface area contributed by atoms with Crippen molar-refractivity contribution in [2.45, 2.75) is 32.4 Å². The van der Waals surface area contributed by atoms with Crippen LogP contribution in [0.25, 0.3) is 0 Å². The highest BCUT2D eigenvalue weighted by Crippen LogP contribution is 2.00. The number of nitrogens with zero attached hydrogens (tertiary/aromatic N) is 1. The Morgan fingerprint density at radius 1 is 1.32 bits per heavy atom. The Kier molecular flexibility index (Phi) is 8.20. The lowest BCUT2D eigenvalue weighted by Crippen LogP contribution is -2.43. The zero-order chi connectivity index (χ0) is 15.1. The zero-order valence-electron chi connectivity index (χ0n) is 12.5. The molecule has 0 amide bonds. The molecular formula is C12H26N2O4S. The summed E-state index contributed by atoms with van der Waals surface area (Å²) in [5, 5.41) is 3.14. The van der Waals surface area contributed by atoms with Crippen molar-refractivity contribution < 1.29 is 17.9 Å². The monoisotopic (exact) mass is 294 g/mol. The van der Waals surface area contributed by atoms with Crippen molar-refractivity contribution >= 4 is 15.8 Å². The summed E-state index contributed by atoms with van der Waals surface area (Å²) in [6.07, 6.45) is 1.81. The molecule has 0 aliphatic carbocycles. The maximum Gasteiger partial charge on any atom is 0.322 e. The third kappa shape index (κ3) is 9.86. The van der Waals surface area contributed by atoms with Crippen molar-refractivity contribution in [3.63, 3.8) is 0 Å². The maximum absolute atomic E-state index is 11.6. The molecule has 1 unspecified atom stereocenters. The van der Waals surface area contributed by atoms with Crippen LogP contribution in [0.4, 0.5) is 0 Å². The number of methoxy groups -OCH3 is 1. The maximum atomic E-state index is 11.6. The number of nitrogens with one attached hydrogen (secondary N) is 1. The molecular weight excluding hydrogens is 268 g/mol.